The van der Waals surface area contributed by atoms with Crippen molar-refractivity contribution < 1.29 is 0 Å². The van der Waals surface area contributed by atoms with Gasteiger partial charge in [0.1, 0.15) is 5.82 Å². The number of nitrogens with one attached hydrogen (secondary N) is 2. The number of anilines is 3. The van der Waals surface area contributed by atoms with E-state index in [0.717, 1.165) is 18.4 Å². The molecular formula is C34H36N5PS. The Kier molecular flexibility index (Phi) is 7.95. The molecule has 4 aromatic carbocycles. The minimum atomic E-state index is -0.771. The number of rotatable bonds is 8. The molecule has 0 bridgehead atoms. The zero-order valence-corrected chi connectivity index (χ0v) is 25.4. The lowest BCUT2D eigenvalue weighted by Crippen LogP contribution is -2.34. The number of benzene rings is 4. The van der Waals surface area contributed by atoms with Crippen LogP contribution in [0.25, 0.3) is 10.9 Å². The highest BCUT2D eigenvalue weighted by Crippen LogP contribution is 2.67. The molecule has 1 aliphatic rings. The van der Waals surface area contributed by atoms with Gasteiger partial charge in [-0.1, -0.05) is 97.1 Å². The van der Waals surface area contributed by atoms with Crippen LogP contribution < -0.4 is 20.0 Å². The van der Waals surface area contributed by atoms with Crippen molar-refractivity contribution in [2.75, 3.05) is 27.4 Å². The second kappa shape index (κ2) is 11.9. The van der Waals surface area contributed by atoms with Gasteiger partial charge in [-0.2, -0.15) is 0 Å². The Morgan fingerprint density at radius 3 is 1.90 bits per heavy atom. The minimum absolute atomic E-state index is 0.200. The molecule has 0 fully saturated rings. The predicted octanol–water partition coefficient (Wildman–Crippen LogP) is 8.63. The molecule has 1 aliphatic heterocycles. The molecule has 2 N–H and O–H groups in total. The molecular weight excluding hydrogens is 541 g/mol. The highest BCUT2D eigenvalue weighted by atomic mass is 32.1. The van der Waals surface area contributed by atoms with Crippen molar-refractivity contribution in [3.05, 3.63) is 126 Å². The summed E-state index contributed by atoms with van der Waals surface area (Å²) in [4.78, 5) is 0. The summed E-state index contributed by atoms with van der Waals surface area (Å²) < 4.78 is 7.79. The first-order valence-corrected chi connectivity index (χ1v) is 16.0. The van der Waals surface area contributed by atoms with Gasteiger partial charge in [0.2, 0.25) is 0 Å². The van der Waals surface area contributed by atoms with E-state index in [1.54, 1.807) is 0 Å². The number of aromatic nitrogens is 1. The molecule has 1 aromatic heterocycles. The molecule has 2 heterocycles. The molecule has 6 rings (SSSR count). The zero-order chi connectivity index (χ0) is 28.3. The largest absolute Gasteiger partial charge is 0.362 e. The normalized spacial score (nSPS) is 15.9. The second-order valence-corrected chi connectivity index (χ2v) is 12.9. The number of hydrogen-bond acceptors (Lipinski definition) is 3. The first-order chi connectivity index (χ1) is 20.0. The van der Waals surface area contributed by atoms with Crippen LogP contribution in [0.2, 0.25) is 0 Å². The van der Waals surface area contributed by atoms with Crippen molar-refractivity contribution in [3.8, 4) is 0 Å². The van der Waals surface area contributed by atoms with Crippen LogP contribution in [-0.4, -0.2) is 22.4 Å². The Balaban J connectivity index is 1.39. The van der Waals surface area contributed by atoms with Gasteiger partial charge in [0.05, 0.1) is 31.5 Å². The van der Waals surface area contributed by atoms with Crippen molar-refractivity contribution in [3.63, 3.8) is 0 Å². The quantitative estimate of drug-likeness (QED) is 0.143. The molecule has 0 amide bonds. The van der Waals surface area contributed by atoms with Gasteiger partial charge in [-0.15, -0.1) is 0 Å². The third kappa shape index (κ3) is 5.30. The lowest BCUT2D eigenvalue weighted by molar-refractivity contribution is 0.778. The highest BCUT2D eigenvalue weighted by Gasteiger charge is 2.45. The third-order valence-corrected chi connectivity index (χ3v) is 10.9. The maximum absolute atomic E-state index is 5.68. The van der Waals surface area contributed by atoms with Crippen LogP contribution in [0.4, 0.5) is 17.2 Å². The Bertz CT molecular complexity index is 1620. The maximum Gasteiger partial charge on any atom is 0.170 e. The summed E-state index contributed by atoms with van der Waals surface area (Å²) in [6.07, 6.45) is 0.948. The summed E-state index contributed by atoms with van der Waals surface area (Å²) in [5.41, 5.74) is 6.23. The molecule has 5 aromatic rings. The molecule has 0 aliphatic carbocycles. The van der Waals surface area contributed by atoms with Crippen LogP contribution in [0, 0.1) is 0 Å². The maximum atomic E-state index is 5.68. The fourth-order valence-electron chi connectivity index (χ4n) is 5.88. The van der Waals surface area contributed by atoms with E-state index in [4.69, 9.17) is 12.2 Å². The zero-order valence-electron chi connectivity index (χ0n) is 23.7. The monoisotopic (exact) mass is 577 g/mol. The number of nitrogens with zero attached hydrogens (tertiary/aromatic N) is 3. The van der Waals surface area contributed by atoms with Gasteiger partial charge in [-0.25, -0.2) is 0 Å². The average molecular weight is 578 g/mol. The van der Waals surface area contributed by atoms with Crippen molar-refractivity contribution in [2.45, 2.75) is 25.9 Å². The molecule has 3 atom stereocenters. The molecule has 0 spiro atoms. The van der Waals surface area contributed by atoms with Crippen molar-refractivity contribution in [2.24, 2.45) is 7.05 Å². The molecule has 41 heavy (non-hydrogen) atoms. The average Bonchev–Trinajstić information content (AvgIpc) is 3.50. The van der Waals surface area contributed by atoms with E-state index in [1.807, 2.05) is 30.3 Å². The van der Waals surface area contributed by atoms with Crippen LogP contribution in [0.15, 0.2) is 115 Å². The van der Waals surface area contributed by atoms with E-state index >= 15 is 0 Å². The third-order valence-electron chi connectivity index (χ3n) is 7.92. The standard InChI is InChI=1S/C34H36N5PS/c1-25(27-15-7-4-8-16-27)38-32-30-21-13-14-22-31(30)37(3)33(32)39(26(2)28-17-9-5-10-18-28)40(38)24-23-35-34(41)36-29-19-11-6-12-20-29/h4-22,25-26H,23-24H2,1-3H3,(H2,35,36,41)/t25-,26-,40?/m0/s1. The first-order valence-electron chi connectivity index (χ1n) is 14.2. The van der Waals surface area contributed by atoms with Gasteiger partial charge < -0.3 is 24.5 Å². The lowest BCUT2D eigenvalue weighted by atomic mass is 10.1. The molecule has 0 saturated heterocycles. The van der Waals surface area contributed by atoms with Gasteiger partial charge >= 0.3 is 0 Å². The van der Waals surface area contributed by atoms with Crippen LogP contribution in [0.3, 0.4) is 0 Å². The second-order valence-electron chi connectivity index (χ2n) is 10.5. The number of fused-ring (bicyclic) bond motifs is 3. The molecule has 5 nitrogen and oxygen atoms in total. The van der Waals surface area contributed by atoms with Gasteiger partial charge in [0.25, 0.3) is 0 Å². The van der Waals surface area contributed by atoms with Gasteiger partial charge in [0.15, 0.2) is 5.11 Å². The summed E-state index contributed by atoms with van der Waals surface area (Å²) in [6, 6.07) is 41.1. The number of thiocarbonyl (C=S) groups is 1. The van der Waals surface area contributed by atoms with Crippen LogP contribution in [0.1, 0.15) is 37.1 Å². The molecule has 0 radical (unpaired) electrons. The summed E-state index contributed by atoms with van der Waals surface area (Å²) in [5, 5.41) is 8.79. The van der Waals surface area contributed by atoms with E-state index in [9.17, 15) is 0 Å². The molecule has 1 unspecified atom stereocenters. The van der Waals surface area contributed by atoms with Crippen LogP contribution in [0.5, 0.6) is 0 Å². The SMILES string of the molecule is C[C@@H](c1ccccc1)N1c2c(n(C)c3ccccc23)N([C@@H](C)c2ccccc2)P1CCNC(=S)Nc1ccccc1. The highest BCUT2D eigenvalue weighted by molar-refractivity contribution is 7.80. The van der Waals surface area contributed by atoms with Crippen molar-refractivity contribution in [1.29, 1.82) is 0 Å². The Hall–Kier alpha value is -3.86. The number of para-hydroxylation sites is 2. The van der Waals surface area contributed by atoms with Gasteiger partial charge in [-0.3, -0.25) is 0 Å². The van der Waals surface area contributed by atoms with Crippen LogP contribution in [-0.2, 0) is 7.05 Å². The smallest absolute Gasteiger partial charge is 0.170 e. The number of hydrogen-bond donors (Lipinski definition) is 2. The van der Waals surface area contributed by atoms with E-state index in [1.165, 1.54) is 33.5 Å². The fraction of sp³-hybridized carbons (Fsp3) is 0.206. The molecule has 0 saturated carbocycles. The van der Waals surface area contributed by atoms with E-state index in [2.05, 4.69) is 130 Å². The van der Waals surface area contributed by atoms with Crippen molar-refractivity contribution in [1.82, 2.24) is 9.88 Å². The Morgan fingerprint density at radius 1 is 0.732 bits per heavy atom. The minimum Gasteiger partial charge on any atom is -0.362 e. The van der Waals surface area contributed by atoms with Crippen LogP contribution >= 0.6 is 20.4 Å². The summed E-state index contributed by atoms with van der Waals surface area (Å²) >= 11 is 5.68. The first kappa shape index (κ1) is 27.3. The van der Waals surface area contributed by atoms with Gasteiger partial charge in [-0.05, 0) is 55.4 Å². The van der Waals surface area contributed by atoms with Crippen molar-refractivity contribution >= 4 is 53.6 Å². The van der Waals surface area contributed by atoms with E-state index < -0.39 is 8.22 Å². The predicted molar refractivity (Wildman–Crippen MR) is 180 cm³/mol. The van der Waals surface area contributed by atoms with E-state index in [-0.39, 0.29) is 12.1 Å². The lowest BCUT2D eigenvalue weighted by Gasteiger charge is -2.40. The molecule has 208 valence electrons. The summed E-state index contributed by atoms with van der Waals surface area (Å²) in [7, 11) is 1.44. The summed E-state index contributed by atoms with van der Waals surface area (Å²) in [6.45, 7) is 5.46. The van der Waals surface area contributed by atoms with Gasteiger partial charge in [0, 0.05) is 30.8 Å². The fourth-order valence-corrected chi connectivity index (χ4v) is 8.99. The topological polar surface area (TPSA) is 35.5 Å². The number of aryl methyl sites for hydroxylation is 1. The summed E-state index contributed by atoms with van der Waals surface area (Å²) in [5.74, 6) is 1.29. The molecule has 7 heteroatoms. The Morgan fingerprint density at radius 2 is 1.27 bits per heavy atom. The van der Waals surface area contributed by atoms with E-state index in [0.29, 0.717) is 5.11 Å². The Labute approximate surface area is 249 Å².